The van der Waals surface area contributed by atoms with Gasteiger partial charge in [0, 0.05) is 6.92 Å². The zero-order chi connectivity index (χ0) is 6.85. The van der Waals surface area contributed by atoms with E-state index in [1.165, 1.54) is 6.92 Å². The predicted octanol–water partition coefficient (Wildman–Crippen LogP) is -0.162. The Hall–Kier alpha value is 0.776. The summed E-state index contributed by atoms with van der Waals surface area (Å²) in [4.78, 5) is 20.7. The van der Waals surface area contributed by atoms with Crippen LogP contribution in [0.4, 0.5) is 0 Å². The summed E-state index contributed by atoms with van der Waals surface area (Å²) in [6.45, 7) is 1.24. The van der Waals surface area contributed by atoms with E-state index in [9.17, 15) is 9.59 Å². The number of ether oxygens (including phenoxy) is 1. The van der Waals surface area contributed by atoms with E-state index in [2.05, 4.69) is 4.74 Å². The molecule has 0 atom stereocenters. The van der Waals surface area contributed by atoms with Crippen LogP contribution in [0, 0.1) is 5.92 Å². The number of hydrogen-bond acceptors (Lipinski definition) is 3. The molecule has 0 unspecified atom stereocenters. The molecule has 1 aliphatic carbocycles. The van der Waals surface area contributed by atoms with Crippen LogP contribution in [0.15, 0.2) is 0 Å². The first kappa shape index (κ1) is 10.8. The Morgan fingerprint density at radius 1 is 1.40 bits per heavy atom. The summed E-state index contributed by atoms with van der Waals surface area (Å²) in [6, 6.07) is 0. The molecule has 1 fully saturated rings. The molecule has 0 aromatic heterocycles. The molecule has 0 bridgehead atoms. The van der Waals surface area contributed by atoms with E-state index in [-0.39, 0.29) is 63.3 Å². The van der Waals surface area contributed by atoms with Gasteiger partial charge in [-0.3, -0.25) is 9.59 Å². The van der Waals surface area contributed by atoms with Crippen LogP contribution in [0.2, 0.25) is 0 Å². The summed E-state index contributed by atoms with van der Waals surface area (Å²) >= 11 is 0. The number of esters is 2. The van der Waals surface area contributed by atoms with Crippen LogP contribution in [0.25, 0.3) is 0 Å². The standard InChI is InChI=1S/C6H8O3.K.H/c1-4(7)9-6(8)5-2-3-5;;/h5H,2-3H2,1H3;;. The molecule has 10 heavy (non-hydrogen) atoms. The van der Waals surface area contributed by atoms with E-state index in [0.717, 1.165) is 12.8 Å². The minimum atomic E-state index is -0.507. The molecule has 0 aliphatic heterocycles. The zero-order valence-electron chi connectivity index (χ0n) is 5.22. The summed E-state index contributed by atoms with van der Waals surface area (Å²) in [7, 11) is 0. The van der Waals surface area contributed by atoms with Gasteiger partial charge in [-0.15, -0.1) is 0 Å². The van der Waals surface area contributed by atoms with Crippen LogP contribution in [0.3, 0.4) is 0 Å². The number of carbonyl (C=O) groups excluding carboxylic acids is 2. The van der Waals surface area contributed by atoms with Gasteiger partial charge < -0.3 is 4.74 Å². The topological polar surface area (TPSA) is 43.4 Å². The van der Waals surface area contributed by atoms with Crippen molar-refractivity contribution in [3.8, 4) is 0 Å². The molecular weight excluding hydrogens is 159 g/mol. The third kappa shape index (κ3) is 3.83. The normalized spacial score (nSPS) is 15.3. The molecule has 0 amide bonds. The van der Waals surface area contributed by atoms with Gasteiger partial charge in [0.05, 0.1) is 5.92 Å². The molecule has 0 heterocycles. The molecule has 0 aromatic rings. The Kier molecular flexibility index (Phi) is 4.97. The number of hydrogen-bond donors (Lipinski definition) is 0. The second-order valence-corrected chi connectivity index (χ2v) is 2.19. The van der Waals surface area contributed by atoms with E-state index in [1.807, 2.05) is 0 Å². The fourth-order valence-corrected chi connectivity index (χ4v) is 0.544. The first-order chi connectivity index (χ1) is 4.20. The van der Waals surface area contributed by atoms with Crippen LogP contribution < -0.4 is 0 Å². The number of carbonyl (C=O) groups is 2. The quantitative estimate of drug-likeness (QED) is 0.310. The van der Waals surface area contributed by atoms with Gasteiger partial charge in [0.25, 0.3) is 0 Å². The van der Waals surface area contributed by atoms with Gasteiger partial charge in [0.1, 0.15) is 0 Å². The maximum atomic E-state index is 10.6. The second kappa shape index (κ2) is 4.61. The first-order valence-electron chi connectivity index (χ1n) is 2.92. The second-order valence-electron chi connectivity index (χ2n) is 2.19. The molecule has 0 saturated heterocycles. The van der Waals surface area contributed by atoms with Gasteiger partial charge in [0.15, 0.2) is 0 Å². The first-order valence-corrected chi connectivity index (χ1v) is 2.92. The summed E-state index contributed by atoms with van der Waals surface area (Å²) in [5.41, 5.74) is 0. The third-order valence-electron chi connectivity index (χ3n) is 1.16. The van der Waals surface area contributed by atoms with E-state index in [0.29, 0.717) is 0 Å². The Morgan fingerprint density at radius 3 is 2.20 bits per heavy atom. The predicted molar refractivity (Wildman–Crippen MR) is 36.6 cm³/mol. The van der Waals surface area contributed by atoms with E-state index < -0.39 is 5.97 Å². The molecule has 1 rings (SSSR count). The van der Waals surface area contributed by atoms with Crippen molar-refractivity contribution >= 4 is 63.3 Å². The Balaban J connectivity index is 0.000000810. The number of rotatable bonds is 1. The molecule has 0 radical (unpaired) electrons. The Labute approximate surface area is 102 Å². The van der Waals surface area contributed by atoms with Crippen molar-refractivity contribution in [3.05, 3.63) is 0 Å². The molecule has 3 nitrogen and oxygen atoms in total. The molecule has 1 aliphatic rings. The summed E-state index contributed by atoms with van der Waals surface area (Å²) in [5.74, 6) is -0.844. The fraction of sp³-hybridized carbons (Fsp3) is 0.667. The average Bonchev–Trinajstić information content (AvgIpc) is 2.40. The Bertz CT molecular complexity index is 151. The van der Waals surface area contributed by atoms with Gasteiger partial charge >= 0.3 is 63.3 Å². The molecule has 4 heteroatoms. The maximum absolute atomic E-state index is 10.6. The van der Waals surface area contributed by atoms with Crippen molar-refractivity contribution in [3.63, 3.8) is 0 Å². The van der Waals surface area contributed by atoms with E-state index >= 15 is 0 Å². The van der Waals surface area contributed by atoms with E-state index in [1.54, 1.807) is 0 Å². The summed E-state index contributed by atoms with van der Waals surface area (Å²) < 4.78 is 4.30. The van der Waals surface area contributed by atoms with Crippen molar-refractivity contribution < 1.29 is 14.3 Å². The summed E-state index contributed by atoms with van der Waals surface area (Å²) in [6.07, 6.45) is 1.76. The molecule has 0 aromatic carbocycles. The van der Waals surface area contributed by atoms with Crippen LogP contribution in [-0.2, 0) is 14.3 Å². The monoisotopic (exact) mass is 168 g/mol. The molecular formula is C6H9KO3. The minimum absolute atomic E-state index is 0. The molecule has 0 spiro atoms. The summed E-state index contributed by atoms with van der Waals surface area (Å²) in [5, 5.41) is 0. The van der Waals surface area contributed by atoms with Gasteiger partial charge in [-0.25, -0.2) is 0 Å². The van der Waals surface area contributed by atoms with Crippen LogP contribution in [0.1, 0.15) is 19.8 Å². The third-order valence-corrected chi connectivity index (χ3v) is 1.16. The SMILES string of the molecule is CC(=O)OC(=O)C1CC1.[KH]. The van der Waals surface area contributed by atoms with Crippen LogP contribution in [0.5, 0.6) is 0 Å². The van der Waals surface area contributed by atoms with Crippen molar-refractivity contribution in [2.45, 2.75) is 19.8 Å². The Morgan fingerprint density at radius 2 is 1.90 bits per heavy atom. The van der Waals surface area contributed by atoms with Crippen molar-refractivity contribution in [2.24, 2.45) is 5.92 Å². The average molecular weight is 168 g/mol. The van der Waals surface area contributed by atoms with Crippen LogP contribution in [-0.4, -0.2) is 63.3 Å². The zero-order valence-corrected chi connectivity index (χ0v) is 5.22. The molecule has 0 N–H and O–H groups in total. The molecule has 1 saturated carbocycles. The molecule has 52 valence electrons. The van der Waals surface area contributed by atoms with Crippen LogP contribution >= 0.6 is 0 Å². The van der Waals surface area contributed by atoms with Gasteiger partial charge in [0.2, 0.25) is 0 Å². The van der Waals surface area contributed by atoms with Gasteiger partial charge in [-0.1, -0.05) is 0 Å². The fourth-order valence-electron chi connectivity index (χ4n) is 0.544. The van der Waals surface area contributed by atoms with Gasteiger partial charge in [-0.05, 0) is 12.8 Å². The van der Waals surface area contributed by atoms with Crippen molar-refractivity contribution in [1.82, 2.24) is 0 Å². The van der Waals surface area contributed by atoms with E-state index in [4.69, 9.17) is 0 Å². The van der Waals surface area contributed by atoms with Crippen molar-refractivity contribution in [2.75, 3.05) is 0 Å². The van der Waals surface area contributed by atoms with Gasteiger partial charge in [-0.2, -0.15) is 0 Å². The van der Waals surface area contributed by atoms with Crippen molar-refractivity contribution in [1.29, 1.82) is 0 Å².